The number of rotatable bonds is 2. The van der Waals surface area contributed by atoms with Crippen LogP contribution >= 0.6 is 15.9 Å². The second-order valence-corrected chi connectivity index (χ2v) is 6.87. The van der Waals surface area contributed by atoms with Crippen LogP contribution in [-0.4, -0.2) is 33.4 Å². The van der Waals surface area contributed by atoms with Gasteiger partial charge < -0.3 is 5.73 Å². The van der Waals surface area contributed by atoms with Crippen molar-refractivity contribution in [1.82, 2.24) is 14.3 Å². The molecule has 112 valence electrons. The normalized spacial score (nSPS) is 23.6. The smallest absolute Gasteiger partial charge is 0.258 e. The first kappa shape index (κ1) is 14.7. The van der Waals surface area contributed by atoms with Gasteiger partial charge in [-0.05, 0) is 40.4 Å². The van der Waals surface area contributed by atoms with Crippen LogP contribution in [0.1, 0.15) is 19.0 Å². The van der Waals surface area contributed by atoms with E-state index < -0.39 is 0 Å². The fraction of sp³-hybridized carbons (Fsp3) is 0.467. The Morgan fingerprint density at radius 3 is 3.00 bits per heavy atom. The Labute approximate surface area is 131 Å². The molecule has 1 saturated heterocycles. The lowest BCUT2D eigenvalue weighted by Crippen LogP contribution is -2.46. The van der Waals surface area contributed by atoms with Crippen LogP contribution in [0.15, 0.2) is 33.7 Å². The van der Waals surface area contributed by atoms with Crippen LogP contribution < -0.4 is 11.3 Å². The van der Waals surface area contributed by atoms with E-state index in [9.17, 15) is 4.79 Å². The highest BCUT2D eigenvalue weighted by atomic mass is 79.9. The maximum absolute atomic E-state index is 12.2. The van der Waals surface area contributed by atoms with Gasteiger partial charge in [0.1, 0.15) is 5.65 Å². The summed E-state index contributed by atoms with van der Waals surface area (Å²) in [5.41, 5.74) is 7.51. The SMILES string of the molecule is CC1CC(N)CN(Cc2cc(=O)n3cc(Br)ccc3n2)C1. The number of piperidine rings is 1. The van der Waals surface area contributed by atoms with E-state index in [0.29, 0.717) is 18.1 Å². The number of halogens is 1. The fourth-order valence-electron chi connectivity index (χ4n) is 3.08. The van der Waals surface area contributed by atoms with Crippen molar-refractivity contribution in [1.29, 1.82) is 0 Å². The molecule has 0 aliphatic carbocycles. The molecule has 5 nitrogen and oxygen atoms in total. The molecule has 1 aliphatic rings. The molecule has 6 heteroatoms. The topological polar surface area (TPSA) is 63.6 Å². The number of pyridine rings is 1. The summed E-state index contributed by atoms with van der Waals surface area (Å²) in [4.78, 5) is 19.0. The van der Waals surface area contributed by atoms with Gasteiger partial charge in [0.15, 0.2) is 0 Å². The molecule has 0 saturated carbocycles. The van der Waals surface area contributed by atoms with E-state index in [2.05, 4.69) is 32.7 Å². The van der Waals surface area contributed by atoms with Crippen LogP contribution in [0.3, 0.4) is 0 Å². The molecule has 0 bridgehead atoms. The van der Waals surface area contributed by atoms with Gasteiger partial charge in [-0.1, -0.05) is 6.92 Å². The second-order valence-electron chi connectivity index (χ2n) is 5.96. The molecule has 2 atom stereocenters. The number of nitrogens with zero attached hydrogens (tertiary/aromatic N) is 3. The minimum absolute atomic E-state index is 0.0503. The average Bonchev–Trinajstić information content (AvgIpc) is 2.38. The molecule has 2 unspecified atom stereocenters. The van der Waals surface area contributed by atoms with E-state index in [1.54, 1.807) is 16.7 Å². The molecule has 2 aromatic rings. The summed E-state index contributed by atoms with van der Waals surface area (Å²) in [7, 11) is 0. The van der Waals surface area contributed by atoms with Crippen molar-refractivity contribution >= 4 is 21.6 Å². The molecule has 21 heavy (non-hydrogen) atoms. The number of nitrogens with two attached hydrogens (primary N) is 1. The fourth-order valence-corrected chi connectivity index (χ4v) is 3.42. The first-order valence-corrected chi connectivity index (χ1v) is 7.96. The van der Waals surface area contributed by atoms with Crippen molar-refractivity contribution in [3.8, 4) is 0 Å². The Balaban J connectivity index is 1.87. The predicted octanol–water partition coefficient (Wildman–Crippen LogP) is 1.63. The highest BCUT2D eigenvalue weighted by molar-refractivity contribution is 9.10. The molecule has 0 aromatic carbocycles. The monoisotopic (exact) mass is 350 g/mol. The van der Waals surface area contributed by atoms with Crippen molar-refractivity contribution in [2.24, 2.45) is 11.7 Å². The summed E-state index contributed by atoms with van der Waals surface area (Å²) in [6.45, 7) is 4.77. The Hall–Kier alpha value is -1.24. The maximum Gasteiger partial charge on any atom is 0.258 e. The Morgan fingerprint density at radius 2 is 2.24 bits per heavy atom. The molecule has 1 aliphatic heterocycles. The first-order valence-electron chi connectivity index (χ1n) is 7.17. The van der Waals surface area contributed by atoms with Gasteiger partial charge in [0.25, 0.3) is 5.56 Å². The molecule has 2 aromatic heterocycles. The lowest BCUT2D eigenvalue weighted by atomic mass is 9.96. The van der Waals surface area contributed by atoms with Crippen molar-refractivity contribution in [2.75, 3.05) is 13.1 Å². The second kappa shape index (κ2) is 5.87. The van der Waals surface area contributed by atoms with Crippen molar-refractivity contribution in [3.05, 3.63) is 44.9 Å². The summed E-state index contributed by atoms with van der Waals surface area (Å²) in [6, 6.07) is 5.57. The van der Waals surface area contributed by atoms with Crippen molar-refractivity contribution in [2.45, 2.75) is 25.9 Å². The zero-order chi connectivity index (χ0) is 15.0. The summed E-state index contributed by atoms with van der Waals surface area (Å²) < 4.78 is 2.42. The average molecular weight is 351 g/mol. The first-order chi connectivity index (χ1) is 10.0. The van der Waals surface area contributed by atoms with E-state index >= 15 is 0 Å². The Morgan fingerprint density at radius 1 is 1.43 bits per heavy atom. The van der Waals surface area contributed by atoms with Gasteiger partial charge in [-0.3, -0.25) is 14.1 Å². The van der Waals surface area contributed by atoms with E-state index in [4.69, 9.17) is 5.73 Å². The molecule has 3 heterocycles. The van der Waals surface area contributed by atoms with Crippen molar-refractivity contribution < 1.29 is 0 Å². The standard InChI is InChI=1S/C15H19BrN4O/c1-10-4-12(17)8-19(6-10)9-13-5-15(21)20-7-11(16)2-3-14(20)18-13/h2-3,5,7,10,12H,4,6,8-9,17H2,1H3. The maximum atomic E-state index is 12.2. The van der Waals surface area contributed by atoms with E-state index in [-0.39, 0.29) is 11.6 Å². The van der Waals surface area contributed by atoms with Crippen LogP contribution in [0, 0.1) is 5.92 Å². The number of hydrogen-bond acceptors (Lipinski definition) is 4. The van der Waals surface area contributed by atoms with Crippen LogP contribution in [0.25, 0.3) is 5.65 Å². The third-order valence-electron chi connectivity index (χ3n) is 3.83. The number of fused-ring (bicyclic) bond motifs is 1. The molecular weight excluding hydrogens is 332 g/mol. The van der Waals surface area contributed by atoms with Gasteiger partial charge in [0.2, 0.25) is 0 Å². The molecule has 0 amide bonds. The predicted molar refractivity (Wildman–Crippen MR) is 86.2 cm³/mol. The van der Waals surface area contributed by atoms with Gasteiger partial charge in [-0.25, -0.2) is 4.98 Å². The summed E-state index contributed by atoms with van der Waals surface area (Å²) in [5.74, 6) is 0.589. The zero-order valence-corrected chi connectivity index (χ0v) is 13.6. The van der Waals surface area contributed by atoms with Gasteiger partial charge in [-0.15, -0.1) is 0 Å². The molecule has 2 N–H and O–H groups in total. The molecule has 0 radical (unpaired) electrons. The van der Waals surface area contributed by atoms with Crippen LogP contribution in [-0.2, 0) is 6.54 Å². The van der Waals surface area contributed by atoms with Crippen LogP contribution in [0.5, 0.6) is 0 Å². The highest BCUT2D eigenvalue weighted by Gasteiger charge is 2.22. The summed E-state index contributed by atoms with van der Waals surface area (Å²) in [5, 5.41) is 0. The van der Waals surface area contributed by atoms with E-state index in [1.807, 2.05) is 12.1 Å². The van der Waals surface area contributed by atoms with E-state index in [1.165, 1.54) is 0 Å². The van der Waals surface area contributed by atoms with Crippen LogP contribution in [0.4, 0.5) is 0 Å². The zero-order valence-electron chi connectivity index (χ0n) is 12.0. The van der Waals surface area contributed by atoms with Gasteiger partial charge in [0, 0.05) is 42.4 Å². The largest absolute Gasteiger partial charge is 0.327 e. The number of likely N-dealkylation sites (tertiary alicyclic amines) is 1. The number of aromatic nitrogens is 2. The van der Waals surface area contributed by atoms with Crippen LogP contribution in [0.2, 0.25) is 0 Å². The quantitative estimate of drug-likeness (QED) is 0.893. The number of hydrogen-bond donors (Lipinski definition) is 1. The van der Waals surface area contributed by atoms with Gasteiger partial charge in [-0.2, -0.15) is 0 Å². The Bertz CT molecular complexity index is 704. The molecule has 3 rings (SSSR count). The minimum Gasteiger partial charge on any atom is -0.327 e. The van der Waals surface area contributed by atoms with E-state index in [0.717, 1.165) is 29.7 Å². The molecular formula is C15H19BrN4O. The Kier molecular flexibility index (Phi) is 4.10. The molecule has 0 spiro atoms. The summed E-state index contributed by atoms with van der Waals surface area (Å²) in [6.07, 6.45) is 2.81. The highest BCUT2D eigenvalue weighted by Crippen LogP contribution is 2.17. The van der Waals surface area contributed by atoms with Gasteiger partial charge in [0.05, 0.1) is 5.69 Å². The third kappa shape index (κ3) is 3.33. The van der Waals surface area contributed by atoms with Gasteiger partial charge >= 0.3 is 0 Å². The summed E-state index contributed by atoms with van der Waals surface area (Å²) >= 11 is 3.37. The third-order valence-corrected chi connectivity index (χ3v) is 4.30. The lowest BCUT2D eigenvalue weighted by molar-refractivity contribution is 0.157. The van der Waals surface area contributed by atoms with Crippen molar-refractivity contribution in [3.63, 3.8) is 0 Å². The lowest BCUT2D eigenvalue weighted by Gasteiger charge is -2.34. The molecule has 1 fully saturated rings. The minimum atomic E-state index is -0.0503.